The second kappa shape index (κ2) is 17.7. The van der Waals surface area contributed by atoms with Gasteiger partial charge in [-0.2, -0.15) is 0 Å². The maximum Gasteiger partial charge on any atom is 0.182 e. The number of nitrogens with zero attached hydrogens (tertiary/aromatic N) is 5. The van der Waals surface area contributed by atoms with Crippen LogP contribution in [0.1, 0.15) is 108 Å². The molecule has 1 aliphatic heterocycles. The summed E-state index contributed by atoms with van der Waals surface area (Å²) in [5.74, 6) is 0.965. The number of aryl methyl sites for hydroxylation is 2. The van der Waals surface area contributed by atoms with Crippen LogP contribution in [-0.4, -0.2) is 56.6 Å². The number of ether oxygens (including phenoxy) is 1. The summed E-state index contributed by atoms with van der Waals surface area (Å²) in [4.78, 5) is 14.2. The van der Waals surface area contributed by atoms with Gasteiger partial charge in [0, 0.05) is 57.2 Å². The summed E-state index contributed by atoms with van der Waals surface area (Å²) in [7, 11) is 2.07. The van der Waals surface area contributed by atoms with E-state index < -0.39 is 0 Å². The molecular weight excluding hydrogens is 568 g/mol. The Morgan fingerprint density at radius 3 is 2.22 bits per heavy atom. The highest BCUT2D eigenvalue weighted by molar-refractivity contribution is 5.88. The molecular formula is C39H60N6O. The molecule has 0 bridgehead atoms. The van der Waals surface area contributed by atoms with E-state index in [1.807, 2.05) is 52.5 Å². The molecule has 2 aliphatic rings. The van der Waals surface area contributed by atoms with Gasteiger partial charge < -0.3 is 19.9 Å². The van der Waals surface area contributed by atoms with Gasteiger partial charge in [-0.05, 0) is 73.4 Å². The summed E-state index contributed by atoms with van der Waals surface area (Å²) in [5.41, 5.74) is 13.8. The number of nitrogens with two attached hydrogens (primary N) is 1. The number of hydrogen-bond acceptors (Lipinski definition) is 6. The molecule has 46 heavy (non-hydrogen) atoms. The molecule has 2 N–H and O–H groups in total. The Morgan fingerprint density at radius 2 is 1.67 bits per heavy atom. The largest absolute Gasteiger partial charge is 0.477 e. The van der Waals surface area contributed by atoms with E-state index in [4.69, 9.17) is 9.72 Å². The van der Waals surface area contributed by atoms with Crippen molar-refractivity contribution in [2.45, 2.75) is 87.3 Å². The molecule has 0 amide bonds. The molecule has 5 rings (SSSR count). The molecule has 1 fully saturated rings. The van der Waals surface area contributed by atoms with Gasteiger partial charge in [-0.1, -0.05) is 84.9 Å². The lowest BCUT2D eigenvalue weighted by Gasteiger charge is -2.41. The molecule has 252 valence electrons. The number of pyridine rings is 1. The molecule has 2 unspecified atom stereocenters. The Labute approximate surface area is 279 Å². The zero-order valence-electron chi connectivity index (χ0n) is 30.5. The first-order chi connectivity index (χ1) is 21.7. The van der Waals surface area contributed by atoms with Crippen LogP contribution in [0.2, 0.25) is 0 Å². The topological polar surface area (TPSA) is 72.4 Å². The van der Waals surface area contributed by atoms with E-state index in [1.54, 1.807) is 0 Å². The first kappa shape index (κ1) is 38.3. The van der Waals surface area contributed by atoms with Crippen molar-refractivity contribution in [3.8, 4) is 0 Å². The molecule has 0 radical (unpaired) electrons. The summed E-state index contributed by atoms with van der Waals surface area (Å²) in [6.07, 6.45) is 9.53. The summed E-state index contributed by atoms with van der Waals surface area (Å²) < 4.78 is 8.01. The Hall–Kier alpha value is -3.84. The van der Waals surface area contributed by atoms with Crippen molar-refractivity contribution in [3.63, 3.8) is 0 Å². The quantitative estimate of drug-likeness (QED) is 0.276. The lowest BCUT2D eigenvalue weighted by molar-refractivity contribution is 0.0379. The third kappa shape index (κ3) is 10.6. The first-order valence-corrected chi connectivity index (χ1v) is 16.7. The third-order valence-electron chi connectivity index (χ3n) is 7.42. The predicted octanol–water partition coefficient (Wildman–Crippen LogP) is 8.55. The van der Waals surface area contributed by atoms with Gasteiger partial charge in [0.05, 0.1) is 24.2 Å². The van der Waals surface area contributed by atoms with Crippen molar-refractivity contribution < 1.29 is 4.74 Å². The first-order valence-electron chi connectivity index (χ1n) is 16.7. The standard InChI is InChI=1S/C30H37N5O.C5H12.C2H5N.C2H6/c1-20(2)36-23(5)34-12-14-35(15-13-34)30-25-10-9-21(3)16-27(25)26(17-24-8-7-11-32-29(24)30)22(4)28-18-31-19-33(28)6;1-5(2,3)4;1-2-3;1-2/h7-11,16-20,22,30H,5,12-15H2,1-4,6H3;1-4H3;2H,1,3H2;1-2H3. The molecule has 0 saturated carbocycles. The molecule has 3 heterocycles. The predicted molar refractivity (Wildman–Crippen MR) is 196 cm³/mol. The van der Waals surface area contributed by atoms with Crippen molar-refractivity contribution in [2.24, 2.45) is 18.2 Å². The molecule has 0 spiro atoms. The molecule has 1 aromatic carbocycles. The van der Waals surface area contributed by atoms with Gasteiger partial charge in [0.1, 0.15) is 0 Å². The monoisotopic (exact) mass is 628 g/mol. The average molecular weight is 629 g/mol. The van der Waals surface area contributed by atoms with Crippen molar-refractivity contribution in [1.29, 1.82) is 0 Å². The second-order valence-electron chi connectivity index (χ2n) is 13.5. The Balaban J connectivity index is 0.000000653. The minimum Gasteiger partial charge on any atom is -0.477 e. The fourth-order valence-corrected chi connectivity index (χ4v) is 5.58. The van der Waals surface area contributed by atoms with Gasteiger partial charge in [-0.15, -0.1) is 0 Å². The lowest BCUT2D eigenvalue weighted by Crippen LogP contribution is -2.48. The fraction of sp³-hybridized carbons (Fsp3) is 0.487. The molecule has 2 atom stereocenters. The number of fused-ring (bicyclic) bond motifs is 2. The van der Waals surface area contributed by atoms with Crippen molar-refractivity contribution >= 4 is 11.6 Å². The zero-order chi connectivity index (χ0) is 34.6. The average Bonchev–Trinajstić information content (AvgIpc) is 3.37. The van der Waals surface area contributed by atoms with Gasteiger partial charge in [-0.25, -0.2) is 4.98 Å². The highest BCUT2D eigenvalue weighted by atomic mass is 16.5. The lowest BCUT2D eigenvalue weighted by atomic mass is 9.86. The van der Waals surface area contributed by atoms with Crippen LogP contribution in [0.25, 0.3) is 11.6 Å². The third-order valence-corrected chi connectivity index (χ3v) is 7.42. The minimum atomic E-state index is 0.0886. The van der Waals surface area contributed by atoms with Crippen LogP contribution >= 0.6 is 0 Å². The number of aromatic nitrogens is 3. The number of allylic oxidation sites excluding steroid dienone is 1. The van der Waals surface area contributed by atoms with Gasteiger partial charge in [0.2, 0.25) is 0 Å². The minimum absolute atomic E-state index is 0.0886. The number of benzene rings is 1. The number of imidazole rings is 1. The van der Waals surface area contributed by atoms with E-state index in [0.29, 0.717) is 5.41 Å². The Kier molecular flexibility index (Phi) is 14.8. The van der Waals surface area contributed by atoms with Crippen LogP contribution in [0.4, 0.5) is 0 Å². The van der Waals surface area contributed by atoms with Crippen LogP contribution < -0.4 is 5.73 Å². The van der Waals surface area contributed by atoms with E-state index in [0.717, 1.165) is 37.8 Å². The van der Waals surface area contributed by atoms with Crippen LogP contribution in [0, 0.1) is 12.3 Å². The van der Waals surface area contributed by atoms with E-state index in [-0.39, 0.29) is 18.1 Å². The molecule has 2 aromatic heterocycles. The van der Waals surface area contributed by atoms with Gasteiger partial charge in [0.15, 0.2) is 5.88 Å². The highest BCUT2D eigenvalue weighted by Gasteiger charge is 2.34. The van der Waals surface area contributed by atoms with E-state index in [2.05, 4.69) is 117 Å². The molecule has 7 nitrogen and oxygen atoms in total. The van der Waals surface area contributed by atoms with Gasteiger partial charge >= 0.3 is 0 Å². The summed E-state index contributed by atoms with van der Waals surface area (Å²) >= 11 is 0. The summed E-state index contributed by atoms with van der Waals surface area (Å²) in [5, 5.41) is 0. The van der Waals surface area contributed by atoms with E-state index in [9.17, 15) is 0 Å². The second-order valence-corrected chi connectivity index (χ2v) is 13.5. The zero-order valence-corrected chi connectivity index (χ0v) is 30.5. The van der Waals surface area contributed by atoms with Crippen LogP contribution in [-0.2, 0) is 11.8 Å². The van der Waals surface area contributed by atoms with Crippen molar-refractivity contribution in [3.05, 3.63) is 108 Å². The van der Waals surface area contributed by atoms with Crippen molar-refractivity contribution in [2.75, 3.05) is 26.2 Å². The van der Waals surface area contributed by atoms with Crippen LogP contribution in [0.15, 0.2) is 74.3 Å². The molecule has 3 aromatic rings. The van der Waals surface area contributed by atoms with Crippen LogP contribution in [0.5, 0.6) is 0 Å². The van der Waals surface area contributed by atoms with Gasteiger partial charge in [0.25, 0.3) is 0 Å². The maximum absolute atomic E-state index is 5.89. The van der Waals surface area contributed by atoms with E-state index in [1.165, 1.54) is 39.7 Å². The number of rotatable bonds is 6. The van der Waals surface area contributed by atoms with Crippen LogP contribution in [0.3, 0.4) is 0 Å². The van der Waals surface area contributed by atoms with Crippen molar-refractivity contribution in [1.82, 2.24) is 24.3 Å². The highest BCUT2D eigenvalue weighted by Crippen LogP contribution is 2.44. The Morgan fingerprint density at radius 1 is 1.07 bits per heavy atom. The molecule has 1 saturated heterocycles. The molecule has 1 aliphatic carbocycles. The maximum atomic E-state index is 5.89. The normalized spacial score (nSPS) is 16.4. The van der Waals surface area contributed by atoms with E-state index >= 15 is 0 Å². The number of hydrogen-bond donors (Lipinski definition) is 1. The summed E-state index contributed by atoms with van der Waals surface area (Å²) in [6.45, 7) is 32.2. The number of piperazine rings is 1. The fourth-order valence-electron chi connectivity index (χ4n) is 5.58. The van der Waals surface area contributed by atoms with Gasteiger partial charge in [-0.3, -0.25) is 9.88 Å². The molecule has 7 heteroatoms. The smallest absolute Gasteiger partial charge is 0.182 e. The Bertz CT molecular complexity index is 1420. The SMILES string of the molecule is C=C(OC(C)C)N1CCN(C2c3ccc(C)cc3C(C(C)c3cncn3C)=Cc3cccnc32)CC1.C=CN.CC.CC(C)(C)C. The summed E-state index contributed by atoms with van der Waals surface area (Å²) in [6, 6.07) is 11.2.